The summed E-state index contributed by atoms with van der Waals surface area (Å²) in [6, 6.07) is 28.4. The summed E-state index contributed by atoms with van der Waals surface area (Å²) in [5.41, 5.74) is 3.82. The summed E-state index contributed by atoms with van der Waals surface area (Å²) in [6.07, 6.45) is 0. The van der Waals surface area contributed by atoms with Crippen molar-refractivity contribution >= 4 is 23.0 Å². The van der Waals surface area contributed by atoms with Crippen LogP contribution in [-0.2, 0) is 0 Å². The van der Waals surface area contributed by atoms with Gasteiger partial charge in [-0.25, -0.2) is 9.98 Å². The van der Waals surface area contributed by atoms with Crippen LogP contribution in [0.5, 0.6) is 0 Å². The molecule has 3 aromatic rings. The van der Waals surface area contributed by atoms with E-state index in [1.54, 1.807) is 0 Å². The van der Waals surface area contributed by atoms with Crippen molar-refractivity contribution in [2.24, 2.45) is 9.98 Å². The van der Waals surface area contributed by atoms with Crippen LogP contribution in [0.15, 0.2) is 94.9 Å². The molecule has 0 amide bonds. The number of nitrogens with zero attached hydrogens (tertiary/aromatic N) is 4. The summed E-state index contributed by atoms with van der Waals surface area (Å²) in [7, 11) is 8.03. The van der Waals surface area contributed by atoms with Gasteiger partial charge in [0.1, 0.15) is 11.7 Å². The highest BCUT2D eigenvalue weighted by Crippen LogP contribution is 2.29. The fourth-order valence-corrected chi connectivity index (χ4v) is 2.90. The Balaban J connectivity index is 2.10. The van der Waals surface area contributed by atoms with Crippen molar-refractivity contribution in [2.75, 3.05) is 28.2 Å². The average Bonchev–Trinajstić information content (AvgIpc) is 2.72. The monoisotopic (exact) mass is 370 g/mol. The quantitative estimate of drug-likeness (QED) is 0.480. The zero-order valence-corrected chi connectivity index (χ0v) is 16.9. The first-order valence-corrected chi connectivity index (χ1v) is 9.28. The van der Waals surface area contributed by atoms with Gasteiger partial charge in [0.05, 0.1) is 11.4 Å². The van der Waals surface area contributed by atoms with E-state index in [1.807, 2.05) is 98.7 Å². The lowest BCUT2D eigenvalue weighted by atomic mass is 10.2. The van der Waals surface area contributed by atoms with E-state index in [1.165, 1.54) is 0 Å². The third-order valence-corrected chi connectivity index (χ3v) is 4.25. The minimum atomic E-state index is 0.838. The highest BCUT2D eigenvalue weighted by atomic mass is 15.2. The molecule has 3 aromatic carbocycles. The van der Waals surface area contributed by atoms with Crippen LogP contribution in [-0.4, -0.2) is 49.7 Å². The van der Waals surface area contributed by atoms with Gasteiger partial charge in [-0.05, 0) is 12.1 Å². The Labute approximate surface area is 167 Å². The van der Waals surface area contributed by atoms with Gasteiger partial charge in [0, 0.05) is 39.3 Å². The molecule has 0 aliphatic heterocycles. The van der Waals surface area contributed by atoms with Gasteiger partial charge < -0.3 is 9.80 Å². The van der Waals surface area contributed by atoms with E-state index >= 15 is 0 Å². The summed E-state index contributed by atoms with van der Waals surface area (Å²) in [5.74, 6) is 1.80. The second kappa shape index (κ2) is 9.00. The maximum atomic E-state index is 4.95. The van der Waals surface area contributed by atoms with Crippen molar-refractivity contribution in [1.29, 1.82) is 0 Å². The summed E-state index contributed by atoms with van der Waals surface area (Å²) in [4.78, 5) is 14.0. The first kappa shape index (κ1) is 19.4. The molecule has 0 aliphatic rings. The van der Waals surface area contributed by atoms with Crippen LogP contribution in [0.2, 0.25) is 0 Å². The zero-order chi connectivity index (χ0) is 19.9. The smallest absolute Gasteiger partial charge is 0.136 e. The van der Waals surface area contributed by atoms with E-state index in [0.29, 0.717) is 0 Å². The molecule has 0 atom stereocenters. The van der Waals surface area contributed by atoms with Gasteiger partial charge >= 0.3 is 0 Å². The molecule has 0 heterocycles. The fraction of sp³-hybridized carbons (Fsp3) is 0.167. The van der Waals surface area contributed by atoms with Crippen molar-refractivity contribution in [2.45, 2.75) is 0 Å². The van der Waals surface area contributed by atoms with Gasteiger partial charge in [0.2, 0.25) is 0 Å². The minimum absolute atomic E-state index is 0.838. The number of hydrogen-bond acceptors (Lipinski definition) is 2. The van der Waals surface area contributed by atoms with E-state index < -0.39 is 0 Å². The maximum Gasteiger partial charge on any atom is 0.136 e. The molecular weight excluding hydrogens is 344 g/mol. The fourth-order valence-electron chi connectivity index (χ4n) is 2.90. The van der Waals surface area contributed by atoms with Crippen molar-refractivity contribution in [3.8, 4) is 0 Å². The van der Waals surface area contributed by atoms with Gasteiger partial charge in [0.15, 0.2) is 0 Å². The Hall–Kier alpha value is -3.40. The van der Waals surface area contributed by atoms with E-state index in [2.05, 4.69) is 24.3 Å². The van der Waals surface area contributed by atoms with Crippen molar-refractivity contribution in [1.82, 2.24) is 9.80 Å². The molecule has 0 bridgehead atoms. The van der Waals surface area contributed by atoms with Crippen LogP contribution in [0.25, 0.3) is 0 Å². The molecule has 0 aromatic heterocycles. The van der Waals surface area contributed by atoms with Crippen molar-refractivity contribution in [3.05, 3.63) is 96.1 Å². The molecule has 0 aliphatic carbocycles. The summed E-state index contributed by atoms with van der Waals surface area (Å²) in [6.45, 7) is 0. The Morgan fingerprint density at radius 2 is 0.821 bits per heavy atom. The molecule has 4 nitrogen and oxygen atoms in total. The van der Waals surface area contributed by atoms with Crippen molar-refractivity contribution < 1.29 is 0 Å². The van der Waals surface area contributed by atoms with E-state index in [0.717, 1.165) is 34.2 Å². The van der Waals surface area contributed by atoms with Gasteiger partial charge in [0.25, 0.3) is 0 Å². The molecule has 0 radical (unpaired) electrons. The first-order valence-electron chi connectivity index (χ1n) is 9.28. The lowest BCUT2D eigenvalue weighted by molar-refractivity contribution is 0.623. The standard InChI is InChI=1S/C24H26N4/c1-27(2)23(19-13-7-5-8-14-19)25-21-17-11-12-18-22(21)26-24(28(3)4)20-15-9-6-10-16-20/h5-18H,1-4H3. The predicted molar refractivity (Wildman–Crippen MR) is 119 cm³/mol. The number of benzene rings is 3. The Kier molecular flexibility index (Phi) is 6.22. The summed E-state index contributed by atoms with van der Waals surface area (Å²) < 4.78 is 0. The van der Waals surface area contributed by atoms with Crippen LogP contribution < -0.4 is 0 Å². The molecule has 142 valence electrons. The largest absolute Gasteiger partial charge is 0.362 e. The highest BCUT2D eigenvalue weighted by molar-refractivity contribution is 6.02. The number of para-hydroxylation sites is 2. The van der Waals surface area contributed by atoms with E-state index in [9.17, 15) is 0 Å². The van der Waals surface area contributed by atoms with Crippen LogP contribution >= 0.6 is 0 Å². The Morgan fingerprint density at radius 1 is 0.500 bits per heavy atom. The molecule has 0 fully saturated rings. The van der Waals surface area contributed by atoms with Gasteiger partial charge in [-0.2, -0.15) is 0 Å². The lowest BCUT2D eigenvalue weighted by Crippen LogP contribution is -2.23. The molecule has 4 heteroatoms. The molecule has 0 unspecified atom stereocenters. The maximum absolute atomic E-state index is 4.95. The van der Waals surface area contributed by atoms with Gasteiger partial charge in [-0.15, -0.1) is 0 Å². The minimum Gasteiger partial charge on any atom is -0.362 e. The number of rotatable bonds is 4. The average molecular weight is 371 g/mol. The molecule has 0 saturated carbocycles. The molecule has 0 N–H and O–H groups in total. The summed E-state index contributed by atoms with van der Waals surface area (Å²) in [5, 5.41) is 0. The van der Waals surface area contributed by atoms with Gasteiger partial charge in [-0.3, -0.25) is 0 Å². The van der Waals surface area contributed by atoms with Gasteiger partial charge in [-0.1, -0.05) is 72.8 Å². The number of aliphatic imine (C=N–C) groups is 2. The number of hydrogen-bond donors (Lipinski definition) is 0. The first-order chi connectivity index (χ1) is 13.6. The Bertz CT molecular complexity index is 878. The second-order valence-electron chi connectivity index (χ2n) is 6.88. The summed E-state index contributed by atoms with van der Waals surface area (Å²) >= 11 is 0. The van der Waals surface area contributed by atoms with Crippen LogP contribution in [0.4, 0.5) is 11.4 Å². The third kappa shape index (κ3) is 4.65. The highest BCUT2D eigenvalue weighted by Gasteiger charge is 2.10. The number of amidine groups is 2. The molecule has 0 saturated heterocycles. The third-order valence-electron chi connectivity index (χ3n) is 4.25. The SMILES string of the molecule is CN(C)C(=Nc1ccccc1N=C(c1ccccc1)N(C)C)c1ccccc1. The second-order valence-corrected chi connectivity index (χ2v) is 6.88. The predicted octanol–water partition coefficient (Wildman–Crippen LogP) is 4.97. The lowest BCUT2D eigenvalue weighted by Gasteiger charge is -2.18. The topological polar surface area (TPSA) is 31.2 Å². The van der Waals surface area contributed by atoms with Crippen molar-refractivity contribution in [3.63, 3.8) is 0 Å². The zero-order valence-electron chi connectivity index (χ0n) is 16.9. The van der Waals surface area contributed by atoms with Crippen LogP contribution in [0.1, 0.15) is 11.1 Å². The van der Waals surface area contributed by atoms with Crippen LogP contribution in [0.3, 0.4) is 0 Å². The normalized spacial score (nSPS) is 12.0. The molecular formula is C24H26N4. The van der Waals surface area contributed by atoms with E-state index in [-0.39, 0.29) is 0 Å². The molecule has 28 heavy (non-hydrogen) atoms. The van der Waals surface area contributed by atoms with E-state index in [4.69, 9.17) is 9.98 Å². The molecule has 0 spiro atoms. The Morgan fingerprint density at radius 3 is 1.14 bits per heavy atom. The van der Waals surface area contributed by atoms with Crippen LogP contribution in [0, 0.1) is 0 Å². The molecule has 3 rings (SSSR count).